The van der Waals surface area contributed by atoms with Gasteiger partial charge in [0.25, 0.3) is 0 Å². The maximum Gasteiger partial charge on any atom is 0.209 e. The highest BCUT2D eigenvalue weighted by Crippen LogP contribution is 2.13. The van der Waals surface area contributed by atoms with Crippen LogP contribution in [0.15, 0.2) is 29.3 Å². The Morgan fingerprint density at radius 2 is 1.96 bits per heavy atom. The first kappa shape index (κ1) is 24.9. The van der Waals surface area contributed by atoms with E-state index in [0.29, 0.717) is 19.0 Å². The molecule has 0 aliphatic rings. The van der Waals surface area contributed by atoms with Gasteiger partial charge in [-0.2, -0.15) is 0 Å². The van der Waals surface area contributed by atoms with E-state index in [1.807, 2.05) is 38.1 Å². The number of benzene rings is 1. The third-order valence-corrected chi connectivity index (χ3v) is 4.19. The molecule has 7 nitrogen and oxygen atoms in total. The molecule has 0 spiro atoms. The predicted molar refractivity (Wildman–Crippen MR) is 118 cm³/mol. The number of hydrogen-bond acceptors (Lipinski definition) is 4. The number of nitrogens with one attached hydrogen (secondary N) is 3. The van der Waals surface area contributed by atoms with Crippen molar-refractivity contribution in [2.45, 2.75) is 39.3 Å². The van der Waals surface area contributed by atoms with E-state index in [4.69, 9.17) is 4.74 Å². The van der Waals surface area contributed by atoms with E-state index in [2.05, 4.69) is 20.3 Å². The molecule has 0 amide bonds. The molecule has 0 aromatic heterocycles. The van der Waals surface area contributed by atoms with Crippen molar-refractivity contribution in [3.8, 4) is 5.75 Å². The SMILES string of the molecule is CN=C(NCC(C)Oc1cccc(C)c1)NCC(C)(C)NS(C)(=O)=O.I. The molecule has 0 aliphatic heterocycles. The van der Waals surface area contributed by atoms with Crippen LogP contribution in [-0.4, -0.2) is 52.4 Å². The lowest BCUT2D eigenvalue weighted by molar-refractivity contribution is 0.223. The Bertz CT molecular complexity index is 693. The lowest BCUT2D eigenvalue weighted by Gasteiger charge is -2.26. The first-order chi connectivity index (χ1) is 11.5. The highest BCUT2D eigenvalue weighted by atomic mass is 127. The number of guanidine groups is 1. The largest absolute Gasteiger partial charge is 0.489 e. The number of hydrogen-bond donors (Lipinski definition) is 3. The van der Waals surface area contributed by atoms with E-state index < -0.39 is 15.6 Å². The fourth-order valence-corrected chi connectivity index (χ4v) is 3.34. The van der Waals surface area contributed by atoms with Crippen LogP contribution in [-0.2, 0) is 10.0 Å². The molecule has 1 aromatic rings. The average Bonchev–Trinajstić information content (AvgIpc) is 2.44. The molecule has 26 heavy (non-hydrogen) atoms. The van der Waals surface area contributed by atoms with Gasteiger partial charge in [-0.3, -0.25) is 4.99 Å². The smallest absolute Gasteiger partial charge is 0.209 e. The summed E-state index contributed by atoms with van der Waals surface area (Å²) in [6, 6.07) is 7.90. The third-order valence-electron chi connectivity index (χ3n) is 3.27. The Labute approximate surface area is 174 Å². The molecule has 1 atom stereocenters. The maximum absolute atomic E-state index is 11.4. The molecule has 9 heteroatoms. The highest BCUT2D eigenvalue weighted by Gasteiger charge is 2.22. The van der Waals surface area contributed by atoms with Crippen LogP contribution in [0.2, 0.25) is 0 Å². The summed E-state index contributed by atoms with van der Waals surface area (Å²) < 4.78 is 31.2. The molecule has 1 aromatic carbocycles. The zero-order valence-electron chi connectivity index (χ0n) is 16.3. The van der Waals surface area contributed by atoms with Crippen LogP contribution >= 0.6 is 24.0 Å². The molecule has 150 valence electrons. The van der Waals surface area contributed by atoms with Gasteiger partial charge in [0.1, 0.15) is 11.9 Å². The molecule has 0 saturated carbocycles. The van der Waals surface area contributed by atoms with Gasteiger partial charge in [0.05, 0.1) is 12.8 Å². The second-order valence-corrected chi connectivity index (χ2v) is 8.56. The zero-order valence-corrected chi connectivity index (χ0v) is 19.4. The first-order valence-corrected chi connectivity index (χ1v) is 10.1. The number of sulfonamides is 1. The van der Waals surface area contributed by atoms with Crippen molar-refractivity contribution < 1.29 is 13.2 Å². The zero-order chi connectivity index (χ0) is 19.1. The molecule has 0 heterocycles. The van der Waals surface area contributed by atoms with Crippen LogP contribution in [0.5, 0.6) is 5.75 Å². The van der Waals surface area contributed by atoms with Gasteiger partial charge < -0.3 is 15.4 Å². The van der Waals surface area contributed by atoms with Gasteiger partial charge in [-0.25, -0.2) is 13.1 Å². The number of ether oxygens (including phenoxy) is 1. The molecular weight excluding hydrogens is 467 g/mol. The van der Waals surface area contributed by atoms with Crippen molar-refractivity contribution in [3.63, 3.8) is 0 Å². The summed E-state index contributed by atoms with van der Waals surface area (Å²) in [4.78, 5) is 4.14. The molecule has 0 radical (unpaired) electrons. The van der Waals surface area contributed by atoms with Gasteiger partial charge in [0, 0.05) is 19.1 Å². The van der Waals surface area contributed by atoms with Gasteiger partial charge in [0.2, 0.25) is 10.0 Å². The van der Waals surface area contributed by atoms with Gasteiger partial charge in [-0.1, -0.05) is 12.1 Å². The molecule has 3 N–H and O–H groups in total. The van der Waals surface area contributed by atoms with Crippen LogP contribution in [0.25, 0.3) is 0 Å². The number of rotatable bonds is 8. The number of nitrogens with zero attached hydrogens (tertiary/aromatic N) is 1. The lowest BCUT2D eigenvalue weighted by Crippen LogP contribution is -2.53. The van der Waals surface area contributed by atoms with Crippen molar-refractivity contribution >= 4 is 40.0 Å². The minimum atomic E-state index is -3.27. The van der Waals surface area contributed by atoms with E-state index in [0.717, 1.165) is 17.6 Å². The maximum atomic E-state index is 11.4. The Morgan fingerprint density at radius 1 is 1.31 bits per heavy atom. The third kappa shape index (κ3) is 10.8. The van der Waals surface area contributed by atoms with Crippen molar-refractivity contribution in [1.29, 1.82) is 0 Å². The monoisotopic (exact) mass is 498 g/mol. The lowest BCUT2D eigenvalue weighted by atomic mass is 10.1. The highest BCUT2D eigenvalue weighted by molar-refractivity contribution is 14.0. The second-order valence-electron chi connectivity index (χ2n) is 6.81. The van der Waals surface area contributed by atoms with E-state index in [9.17, 15) is 8.42 Å². The predicted octanol–water partition coefficient (Wildman–Crippen LogP) is 1.87. The molecule has 0 fully saturated rings. The van der Waals surface area contributed by atoms with Gasteiger partial charge in [0.15, 0.2) is 5.96 Å². The Balaban J connectivity index is 0.00000625. The fourth-order valence-electron chi connectivity index (χ4n) is 2.27. The van der Waals surface area contributed by atoms with Crippen molar-refractivity contribution in [2.24, 2.45) is 4.99 Å². The second kappa shape index (κ2) is 10.9. The number of halogens is 1. The van der Waals surface area contributed by atoms with Crippen molar-refractivity contribution in [1.82, 2.24) is 15.4 Å². The molecule has 1 unspecified atom stereocenters. The summed E-state index contributed by atoms with van der Waals surface area (Å²) in [5.41, 5.74) is 0.519. The average molecular weight is 498 g/mol. The summed E-state index contributed by atoms with van der Waals surface area (Å²) >= 11 is 0. The summed E-state index contributed by atoms with van der Waals surface area (Å²) in [5.74, 6) is 1.42. The van der Waals surface area contributed by atoms with E-state index in [-0.39, 0.29) is 30.1 Å². The van der Waals surface area contributed by atoms with E-state index in [1.165, 1.54) is 0 Å². The summed E-state index contributed by atoms with van der Waals surface area (Å²) in [5, 5.41) is 6.29. The number of aryl methyl sites for hydroxylation is 1. The topological polar surface area (TPSA) is 91.8 Å². The Hall–Kier alpha value is -1.07. The summed E-state index contributed by atoms with van der Waals surface area (Å²) in [6.07, 6.45) is 1.09. The fraction of sp³-hybridized carbons (Fsp3) is 0.588. The minimum Gasteiger partial charge on any atom is -0.489 e. The minimum absolute atomic E-state index is 0. The van der Waals surface area contributed by atoms with Gasteiger partial charge in [-0.15, -0.1) is 24.0 Å². The quantitative estimate of drug-likeness (QED) is 0.289. The van der Waals surface area contributed by atoms with Crippen LogP contribution < -0.4 is 20.1 Å². The van der Waals surface area contributed by atoms with Crippen molar-refractivity contribution in [3.05, 3.63) is 29.8 Å². The van der Waals surface area contributed by atoms with Crippen LogP contribution in [0.1, 0.15) is 26.3 Å². The molecule has 0 saturated heterocycles. The van der Waals surface area contributed by atoms with Crippen LogP contribution in [0, 0.1) is 6.92 Å². The number of aliphatic imine (C=N–C) groups is 1. The van der Waals surface area contributed by atoms with Gasteiger partial charge in [-0.05, 0) is 45.4 Å². The Morgan fingerprint density at radius 3 is 2.50 bits per heavy atom. The standard InChI is InChI=1S/C17H30N4O3S.HI/c1-13-8-7-9-15(10-13)24-14(2)11-19-16(18-5)20-12-17(3,4)21-25(6,22)23;/h7-10,14,21H,11-12H2,1-6H3,(H2,18,19,20);1H. The van der Waals surface area contributed by atoms with E-state index in [1.54, 1.807) is 20.9 Å². The normalized spacial score (nSPS) is 13.5. The first-order valence-electron chi connectivity index (χ1n) is 8.17. The van der Waals surface area contributed by atoms with E-state index >= 15 is 0 Å². The van der Waals surface area contributed by atoms with Crippen LogP contribution in [0.3, 0.4) is 0 Å². The van der Waals surface area contributed by atoms with Gasteiger partial charge >= 0.3 is 0 Å². The molecule has 0 bridgehead atoms. The molecule has 1 rings (SSSR count). The Kier molecular flexibility index (Phi) is 10.5. The van der Waals surface area contributed by atoms with Crippen LogP contribution in [0.4, 0.5) is 0 Å². The summed E-state index contributed by atoms with van der Waals surface area (Å²) in [7, 11) is -1.61. The summed E-state index contributed by atoms with van der Waals surface area (Å²) in [6.45, 7) is 8.56. The van der Waals surface area contributed by atoms with Crippen molar-refractivity contribution in [2.75, 3.05) is 26.4 Å². The molecule has 0 aliphatic carbocycles. The molecular formula is C17H31IN4O3S.